The first-order valence-corrected chi connectivity index (χ1v) is 7.09. The molecule has 0 aliphatic carbocycles. The minimum Gasteiger partial charge on any atom is -0.380 e. The van der Waals surface area contributed by atoms with Crippen molar-refractivity contribution in [3.05, 3.63) is 52.5 Å². The van der Waals surface area contributed by atoms with Gasteiger partial charge in [-0.2, -0.15) is 0 Å². The van der Waals surface area contributed by atoms with E-state index in [4.69, 9.17) is 0 Å². The molecule has 0 spiro atoms. The van der Waals surface area contributed by atoms with Gasteiger partial charge in [0.2, 0.25) is 0 Å². The molecule has 1 aromatic carbocycles. The first-order chi connectivity index (χ1) is 9.70. The van der Waals surface area contributed by atoms with Crippen LogP contribution in [0.25, 0.3) is 0 Å². The van der Waals surface area contributed by atoms with Gasteiger partial charge in [0, 0.05) is 30.8 Å². The Hall–Kier alpha value is -2.15. The van der Waals surface area contributed by atoms with Crippen molar-refractivity contribution in [3.8, 4) is 0 Å². The fraction of sp³-hybridized carbons (Fsp3) is 0.231. The van der Waals surface area contributed by atoms with Gasteiger partial charge in [-0.1, -0.05) is 6.07 Å². The summed E-state index contributed by atoms with van der Waals surface area (Å²) >= 11 is 1.54. The Morgan fingerprint density at radius 1 is 1.40 bits per heavy atom. The third-order valence-electron chi connectivity index (χ3n) is 2.55. The van der Waals surface area contributed by atoms with Crippen LogP contribution < -0.4 is 5.32 Å². The topological polar surface area (TPSA) is 81.0 Å². The summed E-state index contributed by atoms with van der Waals surface area (Å²) in [4.78, 5) is 18.7. The Morgan fingerprint density at radius 3 is 2.90 bits per heavy atom. The largest absolute Gasteiger partial charge is 0.380 e. The molecule has 0 aliphatic rings. The second-order valence-electron chi connectivity index (χ2n) is 3.97. The van der Waals surface area contributed by atoms with Crippen LogP contribution in [0.1, 0.15) is 12.5 Å². The number of benzene rings is 1. The number of hydrogen-bond acceptors (Lipinski definition) is 6. The number of nitro benzene ring substituents is 1. The van der Waals surface area contributed by atoms with Crippen LogP contribution in [0.5, 0.6) is 0 Å². The summed E-state index contributed by atoms with van der Waals surface area (Å²) in [7, 11) is 0. The van der Waals surface area contributed by atoms with Crippen molar-refractivity contribution in [1.29, 1.82) is 0 Å². The van der Waals surface area contributed by atoms with Gasteiger partial charge in [-0.25, -0.2) is 4.98 Å². The van der Waals surface area contributed by atoms with E-state index in [9.17, 15) is 10.1 Å². The van der Waals surface area contributed by atoms with E-state index in [2.05, 4.69) is 15.3 Å². The Bertz CT molecular complexity index is 592. The fourth-order valence-corrected chi connectivity index (χ4v) is 2.45. The van der Waals surface area contributed by atoms with E-state index in [0.717, 1.165) is 10.6 Å². The minimum absolute atomic E-state index is 0.0973. The lowest BCUT2D eigenvalue weighted by atomic mass is 10.2. The quantitative estimate of drug-likeness (QED) is 0.500. The Balaban J connectivity index is 2.12. The maximum atomic E-state index is 10.9. The predicted molar refractivity (Wildman–Crippen MR) is 78.9 cm³/mol. The third-order valence-corrected chi connectivity index (χ3v) is 3.54. The van der Waals surface area contributed by atoms with Crippen LogP contribution in [-0.2, 0) is 5.75 Å². The maximum Gasteiger partial charge on any atom is 0.292 e. The molecule has 104 valence electrons. The van der Waals surface area contributed by atoms with Gasteiger partial charge in [0.05, 0.1) is 11.1 Å². The highest BCUT2D eigenvalue weighted by Crippen LogP contribution is 2.28. The lowest BCUT2D eigenvalue weighted by Crippen LogP contribution is -2.01. The van der Waals surface area contributed by atoms with Crippen LogP contribution in [0.4, 0.5) is 11.4 Å². The van der Waals surface area contributed by atoms with E-state index in [1.165, 1.54) is 6.07 Å². The highest BCUT2D eigenvalue weighted by atomic mass is 32.2. The van der Waals surface area contributed by atoms with Gasteiger partial charge < -0.3 is 5.32 Å². The molecule has 0 atom stereocenters. The van der Waals surface area contributed by atoms with E-state index in [0.29, 0.717) is 18.0 Å². The summed E-state index contributed by atoms with van der Waals surface area (Å²) in [6.45, 7) is 2.55. The molecule has 0 fully saturated rings. The van der Waals surface area contributed by atoms with Gasteiger partial charge >= 0.3 is 0 Å². The van der Waals surface area contributed by atoms with Gasteiger partial charge in [0.15, 0.2) is 0 Å². The van der Waals surface area contributed by atoms with Gasteiger partial charge in [-0.15, -0.1) is 11.8 Å². The lowest BCUT2D eigenvalue weighted by Gasteiger charge is -2.07. The highest BCUT2D eigenvalue weighted by molar-refractivity contribution is 7.98. The molecule has 0 saturated heterocycles. The summed E-state index contributed by atoms with van der Waals surface area (Å²) < 4.78 is 0. The number of thioether (sulfide) groups is 1. The molecular weight excluding hydrogens is 276 g/mol. The fourth-order valence-electron chi connectivity index (χ4n) is 1.68. The summed E-state index contributed by atoms with van der Waals surface area (Å²) in [5.41, 5.74) is 1.65. The second kappa shape index (κ2) is 6.85. The monoisotopic (exact) mass is 290 g/mol. The number of nitrogens with zero attached hydrogens (tertiary/aromatic N) is 3. The zero-order valence-corrected chi connectivity index (χ0v) is 11.8. The van der Waals surface area contributed by atoms with Crippen molar-refractivity contribution in [3.63, 3.8) is 0 Å². The van der Waals surface area contributed by atoms with E-state index in [1.54, 1.807) is 36.4 Å². The van der Waals surface area contributed by atoms with Gasteiger partial charge in [0.25, 0.3) is 5.69 Å². The molecule has 7 heteroatoms. The first-order valence-electron chi connectivity index (χ1n) is 6.10. The molecule has 2 rings (SSSR count). The first kappa shape index (κ1) is 14.3. The molecule has 1 aromatic heterocycles. The molecule has 1 N–H and O–H groups in total. The van der Waals surface area contributed by atoms with Crippen molar-refractivity contribution >= 4 is 23.1 Å². The second-order valence-corrected chi connectivity index (χ2v) is 4.97. The Kier molecular flexibility index (Phi) is 4.89. The van der Waals surface area contributed by atoms with Crippen LogP contribution in [0.2, 0.25) is 0 Å². The molecular formula is C13H14N4O2S. The number of rotatable bonds is 6. The molecule has 0 saturated carbocycles. The molecule has 20 heavy (non-hydrogen) atoms. The summed E-state index contributed by atoms with van der Waals surface area (Å²) in [5.74, 6) is 0.690. The van der Waals surface area contributed by atoms with Crippen LogP contribution in [0.3, 0.4) is 0 Å². The van der Waals surface area contributed by atoms with E-state index >= 15 is 0 Å². The zero-order chi connectivity index (χ0) is 14.4. The molecule has 6 nitrogen and oxygen atoms in total. The Morgan fingerprint density at radius 2 is 2.25 bits per heavy atom. The molecule has 1 heterocycles. The zero-order valence-electron chi connectivity index (χ0n) is 10.9. The minimum atomic E-state index is -0.377. The van der Waals surface area contributed by atoms with E-state index in [1.807, 2.05) is 13.0 Å². The average molecular weight is 290 g/mol. The maximum absolute atomic E-state index is 10.9. The SMILES string of the molecule is CCNc1cc(CSc2cnccn2)ccc1[N+](=O)[O-]. The number of anilines is 1. The van der Waals surface area contributed by atoms with E-state index < -0.39 is 0 Å². The number of nitrogens with one attached hydrogen (secondary N) is 1. The van der Waals surface area contributed by atoms with Crippen molar-refractivity contribution in [2.75, 3.05) is 11.9 Å². The summed E-state index contributed by atoms with van der Waals surface area (Å²) in [5, 5.41) is 14.8. The lowest BCUT2D eigenvalue weighted by molar-refractivity contribution is -0.384. The molecule has 2 aromatic rings. The average Bonchev–Trinajstić information content (AvgIpc) is 2.46. The smallest absolute Gasteiger partial charge is 0.292 e. The van der Waals surface area contributed by atoms with Crippen molar-refractivity contribution in [2.24, 2.45) is 0 Å². The van der Waals surface area contributed by atoms with Gasteiger partial charge in [0.1, 0.15) is 10.7 Å². The van der Waals surface area contributed by atoms with Gasteiger partial charge in [-0.05, 0) is 18.6 Å². The highest BCUT2D eigenvalue weighted by Gasteiger charge is 2.13. The van der Waals surface area contributed by atoms with E-state index in [-0.39, 0.29) is 10.6 Å². The van der Waals surface area contributed by atoms with Crippen LogP contribution >= 0.6 is 11.8 Å². The molecule has 0 aliphatic heterocycles. The van der Waals surface area contributed by atoms with Crippen LogP contribution in [-0.4, -0.2) is 21.4 Å². The number of nitro groups is 1. The molecule has 0 unspecified atom stereocenters. The molecule has 0 bridgehead atoms. The van der Waals surface area contributed by atoms with Crippen LogP contribution in [0, 0.1) is 10.1 Å². The number of aromatic nitrogens is 2. The van der Waals surface area contributed by atoms with Crippen molar-refractivity contribution in [2.45, 2.75) is 17.7 Å². The van der Waals surface area contributed by atoms with Gasteiger partial charge in [-0.3, -0.25) is 15.1 Å². The standard InChI is InChI=1S/C13H14N4O2S/c1-2-15-11-7-10(3-4-12(11)17(18)19)9-20-13-8-14-5-6-16-13/h3-8,15H,2,9H2,1H3. The van der Waals surface area contributed by atoms with Crippen molar-refractivity contribution in [1.82, 2.24) is 9.97 Å². The number of hydrogen-bond donors (Lipinski definition) is 1. The normalized spacial score (nSPS) is 10.2. The van der Waals surface area contributed by atoms with Crippen molar-refractivity contribution < 1.29 is 4.92 Å². The van der Waals surface area contributed by atoms with Crippen LogP contribution in [0.15, 0.2) is 41.8 Å². The summed E-state index contributed by atoms with van der Waals surface area (Å²) in [6, 6.07) is 5.11. The summed E-state index contributed by atoms with van der Waals surface area (Å²) in [6.07, 6.45) is 4.96. The molecule has 0 radical (unpaired) electrons. The Labute approximate surface area is 120 Å². The predicted octanol–water partition coefficient (Wildman–Crippen LogP) is 3.11. The third kappa shape index (κ3) is 3.67. The molecule has 0 amide bonds.